The maximum atomic E-state index is 13.3. The van der Waals surface area contributed by atoms with Gasteiger partial charge in [-0.25, -0.2) is 8.42 Å². The summed E-state index contributed by atoms with van der Waals surface area (Å²) in [6, 6.07) is 13.7. The van der Waals surface area contributed by atoms with Gasteiger partial charge in [0.25, 0.3) is 0 Å². The van der Waals surface area contributed by atoms with Gasteiger partial charge in [-0.05, 0) is 42.3 Å². The lowest BCUT2D eigenvalue weighted by Gasteiger charge is -2.32. The number of esters is 1. The molecule has 2 aliphatic heterocycles. The summed E-state index contributed by atoms with van der Waals surface area (Å²) < 4.78 is 34.6. The number of halogens is 1. The van der Waals surface area contributed by atoms with Gasteiger partial charge in [0.1, 0.15) is 0 Å². The third-order valence-corrected chi connectivity index (χ3v) is 7.97. The molecule has 2 aromatic rings. The molecule has 0 aromatic heterocycles. The predicted octanol–water partition coefficient (Wildman–Crippen LogP) is 3.92. The number of ether oxygens (including phenoxy) is 1. The zero-order valence-electron chi connectivity index (χ0n) is 15.4. The summed E-state index contributed by atoms with van der Waals surface area (Å²) in [5.41, 5.74) is 1.40. The van der Waals surface area contributed by atoms with Crippen molar-refractivity contribution in [2.24, 2.45) is 0 Å². The molecule has 2 heterocycles. The summed E-state index contributed by atoms with van der Waals surface area (Å²) in [7, 11) is -3.74. The van der Waals surface area contributed by atoms with Crippen molar-refractivity contribution in [2.45, 2.75) is 36.3 Å². The molecule has 146 valence electrons. The molecule has 5 nitrogen and oxygen atoms in total. The molecule has 4 rings (SSSR count). The van der Waals surface area contributed by atoms with Gasteiger partial charge >= 0.3 is 5.97 Å². The van der Waals surface area contributed by atoms with Crippen LogP contribution in [0.4, 0.5) is 0 Å². The number of aryl methyl sites for hydroxylation is 1. The Balaban J connectivity index is 1.73. The molecule has 2 atom stereocenters. The summed E-state index contributed by atoms with van der Waals surface area (Å²) >= 11 is 3.45. The molecule has 0 saturated carbocycles. The molecule has 0 unspecified atom stereocenters. The van der Waals surface area contributed by atoms with Crippen molar-refractivity contribution in [2.75, 3.05) is 6.54 Å². The molecule has 0 bridgehead atoms. The topological polar surface area (TPSA) is 63.7 Å². The largest absolute Gasteiger partial charge is 0.452 e. The Labute approximate surface area is 173 Å². The maximum Gasteiger partial charge on any atom is 0.308 e. The lowest BCUT2D eigenvalue weighted by Crippen LogP contribution is -2.44. The van der Waals surface area contributed by atoms with Crippen molar-refractivity contribution >= 4 is 37.5 Å². The van der Waals surface area contributed by atoms with Crippen LogP contribution in [-0.2, 0) is 19.6 Å². The summed E-state index contributed by atoms with van der Waals surface area (Å²) in [5.74, 6) is -0.398. The molecule has 2 aromatic carbocycles. The van der Waals surface area contributed by atoms with Gasteiger partial charge in [0.2, 0.25) is 10.0 Å². The van der Waals surface area contributed by atoms with Crippen LogP contribution in [0.1, 0.15) is 24.0 Å². The summed E-state index contributed by atoms with van der Waals surface area (Å²) in [6.45, 7) is 6.38. The van der Waals surface area contributed by atoms with Crippen LogP contribution in [-0.4, -0.2) is 36.9 Å². The molecule has 2 fully saturated rings. The van der Waals surface area contributed by atoms with E-state index in [1.807, 2.05) is 31.2 Å². The van der Waals surface area contributed by atoms with Crippen LogP contribution >= 0.6 is 15.9 Å². The number of carbonyl (C=O) groups is 1. The Kier molecular flexibility index (Phi) is 4.72. The first-order chi connectivity index (χ1) is 13.2. The highest BCUT2D eigenvalue weighted by Gasteiger charge is 2.60. The Morgan fingerprint density at radius 2 is 1.96 bits per heavy atom. The minimum absolute atomic E-state index is 0.0259. The van der Waals surface area contributed by atoms with Gasteiger partial charge in [-0.1, -0.05) is 52.3 Å². The van der Waals surface area contributed by atoms with Gasteiger partial charge < -0.3 is 4.74 Å². The quantitative estimate of drug-likeness (QED) is 0.647. The number of rotatable bonds is 4. The van der Waals surface area contributed by atoms with Crippen molar-refractivity contribution in [3.05, 3.63) is 70.7 Å². The number of hydrogen-bond acceptors (Lipinski definition) is 4. The molecule has 0 N–H and O–H groups in total. The standard InChI is InChI=1S/C21H20BrNO4S/c1-14-6-8-18(9-7-14)28(25,26)23-11-10-21(19(23)13-20(24)27-21)15(2)16-4-3-5-17(22)12-16/h3-9,12,19H,2,10-11,13H2,1H3/t19-,21+/m1/s1. The van der Waals surface area contributed by atoms with Gasteiger partial charge in [-0.2, -0.15) is 4.31 Å². The van der Waals surface area contributed by atoms with Crippen LogP contribution in [0.3, 0.4) is 0 Å². The molecular weight excluding hydrogens is 442 g/mol. The van der Waals surface area contributed by atoms with Crippen LogP contribution in [0.25, 0.3) is 5.57 Å². The average Bonchev–Trinajstić information content (AvgIpc) is 3.16. The highest BCUT2D eigenvalue weighted by Crippen LogP contribution is 2.49. The fraction of sp³-hybridized carbons (Fsp3) is 0.286. The number of fused-ring (bicyclic) bond motifs is 1. The molecule has 0 aliphatic carbocycles. The smallest absolute Gasteiger partial charge is 0.308 e. The van der Waals surface area contributed by atoms with E-state index in [4.69, 9.17) is 4.74 Å². The van der Waals surface area contributed by atoms with Crippen LogP contribution in [0, 0.1) is 6.92 Å². The second-order valence-electron chi connectivity index (χ2n) is 7.25. The lowest BCUT2D eigenvalue weighted by molar-refractivity contribution is -0.144. The first-order valence-corrected chi connectivity index (χ1v) is 11.2. The van der Waals surface area contributed by atoms with Gasteiger partial charge in [0.05, 0.1) is 17.4 Å². The maximum absolute atomic E-state index is 13.3. The minimum atomic E-state index is -3.74. The van der Waals surface area contributed by atoms with E-state index in [0.29, 0.717) is 12.0 Å². The second kappa shape index (κ2) is 6.83. The Morgan fingerprint density at radius 3 is 2.64 bits per heavy atom. The summed E-state index contributed by atoms with van der Waals surface area (Å²) in [4.78, 5) is 12.4. The first-order valence-electron chi connectivity index (χ1n) is 9.00. The highest BCUT2D eigenvalue weighted by molar-refractivity contribution is 9.10. The molecular formula is C21H20BrNO4S. The number of benzene rings is 2. The van der Waals surface area contributed by atoms with Gasteiger partial charge in [-0.15, -0.1) is 0 Å². The summed E-state index contributed by atoms with van der Waals surface area (Å²) in [6.07, 6.45) is 0.415. The Hall–Kier alpha value is -1.96. The Bertz CT molecular complexity index is 1060. The molecule has 0 radical (unpaired) electrons. The van der Waals surface area contributed by atoms with Gasteiger partial charge in [-0.3, -0.25) is 4.79 Å². The molecule has 28 heavy (non-hydrogen) atoms. The number of carbonyl (C=O) groups excluding carboxylic acids is 1. The fourth-order valence-corrected chi connectivity index (χ4v) is 6.15. The van der Waals surface area contributed by atoms with Crippen molar-refractivity contribution in [3.63, 3.8) is 0 Å². The van der Waals surface area contributed by atoms with Crippen LogP contribution in [0.15, 0.2) is 64.5 Å². The first kappa shape index (κ1) is 19.4. The van der Waals surface area contributed by atoms with Gasteiger partial charge in [0, 0.05) is 17.4 Å². The zero-order valence-corrected chi connectivity index (χ0v) is 17.8. The van der Waals surface area contributed by atoms with E-state index in [-0.39, 0.29) is 17.9 Å². The number of nitrogens with zero attached hydrogens (tertiary/aromatic N) is 1. The van der Waals surface area contributed by atoms with Crippen LogP contribution in [0.2, 0.25) is 0 Å². The Morgan fingerprint density at radius 1 is 1.25 bits per heavy atom. The van der Waals surface area contributed by atoms with E-state index in [9.17, 15) is 13.2 Å². The minimum Gasteiger partial charge on any atom is -0.452 e. The predicted molar refractivity (Wildman–Crippen MR) is 110 cm³/mol. The monoisotopic (exact) mass is 461 g/mol. The third-order valence-electron chi connectivity index (χ3n) is 5.56. The lowest BCUT2D eigenvalue weighted by atomic mass is 9.83. The third kappa shape index (κ3) is 3.02. The summed E-state index contributed by atoms with van der Waals surface area (Å²) in [5, 5.41) is 0. The molecule has 0 amide bonds. The second-order valence-corrected chi connectivity index (χ2v) is 10.1. The van der Waals surface area contributed by atoms with E-state index >= 15 is 0 Å². The number of sulfonamides is 1. The van der Waals surface area contributed by atoms with E-state index in [0.717, 1.165) is 15.6 Å². The van der Waals surface area contributed by atoms with Gasteiger partial charge in [0.15, 0.2) is 5.60 Å². The van der Waals surface area contributed by atoms with Crippen molar-refractivity contribution in [1.82, 2.24) is 4.31 Å². The van der Waals surface area contributed by atoms with Crippen molar-refractivity contribution in [1.29, 1.82) is 0 Å². The SMILES string of the molecule is C=C(c1cccc(Br)c1)[C@@]12CCN(S(=O)(=O)c3ccc(C)cc3)[C@@H]1CC(=O)O2. The normalized spacial score (nSPS) is 24.8. The van der Waals surface area contributed by atoms with E-state index < -0.39 is 27.6 Å². The van der Waals surface area contributed by atoms with Crippen molar-refractivity contribution in [3.8, 4) is 0 Å². The van der Waals surface area contributed by atoms with E-state index in [2.05, 4.69) is 22.5 Å². The van der Waals surface area contributed by atoms with Crippen LogP contribution < -0.4 is 0 Å². The molecule has 2 saturated heterocycles. The molecule has 2 aliphatic rings. The molecule has 7 heteroatoms. The average molecular weight is 462 g/mol. The molecule has 0 spiro atoms. The zero-order chi connectivity index (χ0) is 20.1. The van der Waals surface area contributed by atoms with E-state index in [1.54, 1.807) is 24.3 Å². The number of hydrogen-bond donors (Lipinski definition) is 0. The highest BCUT2D eigenvalue weighted by atomic mass is 79.9. The van der Waals surface area contributed by atoms with Crippen LogP contribution in [0.5, 0.6) is 0 Å². The van der Waals surface area contributed by atoms with Crippen molar-refractivity contribution < 1.29 is 17.9 Å². The fourth-order valence-electron chi connectivity index (χ4n) is 4.09. The van der Waals surface area contributed by atoms with E-state index in [1.165, 1.54) is 4.31 Å².